The predicted molar refractivity (Wildman–Crippen MR) is 143 cm³/mol. The molecule has 1 saturated heterocycles. The molecule has 0 bridgehead atoms. The van der Waals surface area contributed by atoms with E-state index in [-0.39, 0.29) is 5.91 Å². The Bertz CT molecular complexity index is 1030. The molecule has 1 spiro atoms. The van der Waals surface area contributed by atoms with E-state index >= 15 is 0 Å². The van der Waals surface area contributed by atoms with E-state index in [1.807, 2.05) is 0 Å². The molecule has 5 aliphatic rings. The van der Waals surface area contributed by atoms with Gasteiger partial charge in [0.15, 0.2) is 0 Å². The summed E-state index contributed by atoms with van der Waals surface area (Å²) >= 11 is 0. The number of likely N-dealkylation sites (N-methyl/N-ethyl adjacent to an activating group) is 1. The largest absolute Gasteiger partial charge is 0.342 e. The predicted octanol–water partition coefficient (Wildman–Crippen LogP) is 6.26. The topological polar surface area (TPSA) is 23.6 Å². The summed E-state index contributed by atoms with van der Waals surface area (Å²) in [6, 6.07) is 9.46. The van der Waals surface area contributed by atoms with Gasteiger partial charge in [-0.3, -0.25) is 4.79 Å². The molecule has 3 heteroatoms. The number of hydrogen-bond acceptors (Lipinski definition) is 2. The monoisotopic (exact) mass is 474 g/mol. The quantitative estimate of drug-likeness (QED) is 0.483. The first-order valence-corrected chi connectivity index (χ1v) is 14.4. The number of fused-ring (bicyclic) bond motifs is 4. The Morgan fingerprint density at radius 1 is 1.09 bits per heavy atom. The SMILES string of the molecule is Cc1ccccc1CC(=O)N(C)C1CCC2(C)C(=CCC3C2CCC24CN(C)C(C)C2CCC34)C1. The Hall–Kier alpha value is -1.61. The van der Waals surface area contributed by atoms with Crippen molar-refractivity contribution in [3.63, 3.8) is 0 Å². The third kappa shape index (κ3) is 3.50. The van der Waals surface area contributed by atoms with Crippen molar-refractivity contribution in [3.8, 4) is 0 Å². The molecule has 0 aromatic heterocycles. The van der Waals surface area contributed by atoms with Crippen LogP contribution in [0.4, 0.5) is 0 Å². The van der Waals surface area contributed by atoms with Crippen LogP contribution in [0.5, 0.6) is 0 Å². The highest BCUT2D eigenvalue weighted by Gasteiger charge is 2.64. The summed E-state index contributed by atoms with van der Waals surface area (Å²) in [5.74, 6) is 3.88. The number of carbonyl (C=O) groups excluding carboxylic acids is 1. The fourth-order valence-electron chi connectivity index (χ4n) is 10.1. The third-order valence-electron chi connectivity index (χ3n) is 12.2. The van der Waals surface area contributed by atoms with E-state index in [1.54, 1.807) is 5.57 Å². The second kappa shape index (κ2) is 8.47. The summed E-state index contributed by atoms with van der Waals surface area (Å²) in [7, 11) is 4.43. The van der Waals surface area contributed by atoms with Crippen LogP contribution < -0.4 is 0 Å². The van der Waals surface area contributed by atoms with Crippen molar-refractivity contribution in [1.29, 1.82) is 0 Å². The van der Waals surface area contributed by atoms with E-state index < -0.39 is 0 Å². The van der Waals surface area contributed by atoms with Crippen molar-refractivity contribution >= 4 is 5.91 Å². The normalized spacial score (nSPS) is 42.5. The van der Waals surface area contributed by atoms with Crippen LogP contribution in [0, 0.1) is 41.4 Å². The highest BCUT2D eigenvalue weighted by atomic mass is 16.2. The van der Waals surface area contributed by atoms with Crippen molar-refractivity contribution < 1.29 is 4.79 Å². The van der Waals surface area contributed by atoms with Gasteiger partial charge in [0.1, 0.15) is 0 Å². The smallest absolute Gasteiger partial charge is 0.227 e. The van der Waals surface area contributed by atoms with E-state index in [1.165, 1.54) is 56.2 Å². The summed E-state index contributed by atoms with van der Waals surface area (Å²) in [5, 5.41) is 0. The minimum atomic E-state index is 0.276. The number of likely N-dealkylation sites (tertiary alicyclic amines) is 1. The molecule has 8 atom stereocenters. The summed E-state index contributed by atoms with van der Waals surface area (Å²) in [5.41, 5.74) is 5.04. The van der Waals surface area contributed by atoms with E-state index in [0.29, 0.717) is 23.3 Å². The van der Waals surface area contributed by atoms with E-state index in [9.17, 15) is 4.79 Å². The van der Waals surface area contributed by atoms with Gasteiger partial charge < -0.3 is 9.80 Å². The number of hydrogen-bond donors (Lipinski definition) is 0. The fourth-order valence-corrected chi connectivity index (χ4v) is 10.1. The Morgan fingerprint density at radius 2 is 1.86 bits per heavy atom. The van der Waals surface area contributed by atoms with Gasteiger partial charge in [-0.15, -0.1) is 0 Å². The highest BCUT2D eigenvalue weighted by molar-refractivity contribution is 5.79. The van der Waals surface area contributed by atoms with Gasteiger partial charge in [0.2, 0.25) is 5.91 Å². The van der Waals surface area contributed by atoms with Crippen molar-refractivity contribution in [1.82, 2.24) is 9.80 Å². The molecule has 1 aromatic rings. The molecule has 8 unspecified atom stereocenters. The van der Waals surface area contributed by atoms with Crippen molar-refractivity contribution in [2.75, 3.05) is 20.6 Å². The molecule has 190 valence electrons. The van der Waals surface area contributed by atoms with Gasteiger partial charge in [-0.2, -0.15) is 0 Å². The maximum atomic E-state index is 13.2. The lowest BCUT2D eigenvalue weighted by Crippen LogP contribution is -2.53. The number of aryl methyl sites for hydroxylation is 1. The van der Waals surface area contributed by atoms with Crippen LogP contribution in [0.1, 0.15) is 76.3 Å². The Balaban J connectivity index is 1.18. The van der Waals surface area contributed by atoms with Gasteiger partial charge in [-0.25, -0.2) is 0 Å². The molecule has 0 N–H and O–H groups in total. The Labute approximate surface area is 213 Å². The molecule has 4 fully saturated rings. The minimum absolute atomic E-state index is 0.276. The number of carbonyl (C=O) groups is 1. The van der Waals surface area contributed by atoms with Gasteiger partial charge in [0.05, 0.1) is 6.42 Å². The molecule has 1 aromatic carbocycles. The minimum Gasteiger partial charge on any atom is -0.342 e. The van der Waals surface area contributed by atoms with Crippen molar-refractivity contribution in [2.45, 2.75) is 90.6 Å². The second-order valence-electron chi connectivity index (χ2n) is 13.4. The zero-order valence-corrected chi connectivity index (χ0v) is 22.7. The van der Waals surface area contributed by atoms with Gasteiger partial charge in [0.25, 0.3) is 0 Å². The van der Waals surface area contributed by atoms with Crippen LogP contribution in [0.3, 0.4) is 0 Å². The standard InChI is InChI=1S/C32H46N2O/c1-21-8-6-7-9-23(21)18-30(35)34(5)25-14-16-31(3)24(19-25)10-11-26-28(31)15-17-32-20-33(4)22(2)27(32)12-13-29(26)32/h6-10,22,25-29H,11-20H2,1-5H3. The number of benzene rings is 1. The summed E-state index contributed by atoms with van der Waals surface area (Å²) < 4.78 is 0. The average molecular weight is 475 g/mol. The van der Waals surface area contributed by atoms with Gasteiger partial charge >= 0.3 is 0 Å². The van der Waals surface area contributed by atoms with Crippen LogP contribution in [0.25, 0.3) is 0 Å². The number of amides is 1. The Morgan fingerprint density at radius 3 is 2.66 bits per heavy atom. The number of rotatable bonds is 3. The van der Waals surface area contributed by atoms with E-state index in [0.717, 1.165) is 42.6 Å². The lowest BCUT2D eigenvalue weighted by molar-refractivity contribution is -0.132. The molecule has 1 aliphatic heterocycles. The summed E-state index contributed by atoms with van der Waals surface area (Å²) in [6.07, 6.45) is 13.8. The highest BCUT2D eigenvalue weighted by Crippen LogP contribution is 2.68. The lowest BCUT2D eigenvalue weighted by Gasteiger charge is -2.58. The van der Waals surface area contributed by atoms with E-state index in [4.69, 9.17) is 0 Å². The summed E-state index contributed by atoms with van der Waals surface area (Å²) in [4.78, 5) is 18.0. The van der Waals surface area contributed by atoms with Crippen LogP contribution in [-0.4, -0.2) is 48.4 Å². The first-order chi connectivity index (χ1) is 16.7. The molecule has 4 aliphatic carbocycles. The average Bonchev–Trinajstić information content (AvgIpc) is 3.33. The van der Waals surface area contributed by atoms with Crippen LogP contribution >= 0.6 is 0 Å². The van der Waals surface area contributed by atoms with E-state index in [2.05, 4.69) is 75.0 Å². The fraction of sp³-hybridized carbons (Fsp3) is 0.719. The molecule has 1 heterocycles. The number of allylic oxidation sites excluding steroid dienone is 1. The zero-order valence-electron chi connectivity index (χ0n) is 22.7. The molecular formula is C32H46N2O. The summed E-state index contributed by atoms with van der Waals surface area (Å²) in [6.45, 7) is 8.56. The lowest BCUT2D eigenvalue weighted by atomic mass is 9.47. The van der Waals surface area contributed by atoms with Crippen LogP contribution in [0.2, 0.25) is 0 Å². The maximum absolute atomic E-state index is 13.2. The molecule has 6 rings (SSSR count). The first kappa shape index (κ1) is 23.8. The molecular weight excluding hydrogens is 428 g/mol. The van der Waals surface area contributed by atoms with Gasteiger partial charge in [0, 0.05) is 25.7 Å². The Kier molecular flexibility index (Phi) is 5.75. The zero-order chi connectivity index (χ0) is 24.5. The third-order valence-corrected chi connectivity index (χ3v) is 12.2. The van der Waals surface area contributed by atoms with Crippen LogP contribution in [-0.2, 0) is 11.2 Å². The molecule has 35 heavy (non-hydrogen) atoms. The molecule has 3 nitrogen and oxygen atoms in total. The molecule has 1 amide bonds. The van der Waals surface area contributed by atoms with Gasteiger partial charge in [-0.05, 0) is 118 Å². The van der Waals surface area contributed by atoms with Crippen molar-refractivity contribution in [2.24, 2.45) is 34.5 Å². The maximum Gasteiger partial charge on any atom is 0.227 e. The molecule has 0 radical (unpaired) electrons. The van der Waals surface area contributed by atoms with Crippen molar-refractivity contribution in [3.05, 3.63) is 47.0 Å². The van der Waals surface area contributed by atoms with Crippen LogP contribution in [0.15, 0.2) is 35.9 Å². The second-order valence-corrected chi connectivity index (χ2v) is 13.4. The molecule has 3 saturated carbocycles. The van der Waals surface area contributed by atoms with Gasteiger partial charge in [-0.1, -0.05) is 42.8 Å². The number of nitrogens with zero attached hydrogens (tertiary/aromatic N) is 2. The first-order valence-electron chi connectivity index (χ1n) is 14.4.